The fraction of sp³-hybridized carbons (Fsp3) is 0.417. The Morgan fingerprint density at radius 1 is 1.47 bits per heavy atom. The lowest BCUT2D eigenvalue weighted by Crippen LogP contribution is -2.27. The smallest absolute Gasteiger partial charge is 0.254 e. The summed E-state index contributed by atoms with van der Waals surface area (Å²) in [6.45, 7) is 5.41. The SMILES string of the molecule is CC(C)CN1Cc2cc(F)ccc2C1=O. The minimum Gasteiger partial charge on any atom is -0.334 e. The van der Waals surface area contributed by atoms with Crippen molar-refractivity contribution in [1.29, 1.82) is 0 Å². The van der Waals surface area contributed by atoms with Gasteiger partial charge in [-0.2, -0.15) is 0 Å². The largest absolute Gasteiger partial charge is 0.334 e. The summed E-state index contributed by atoms with van der Waals surface area (Å²) in [4.78, 5) is 13.6. The van der Waals surface area contributed by atoms with Crippen LogP contribution in [0.5, 0.6) is 0 Å². The molecular weight excluding hydrogens is 193 g/mol. The molecule has 0 saturated heterocycles. The van der Waals surface area contributed by atoms with Gasteiger partial charge in [0, 0.05) is 18.7 Å². The summed E-state index contributed by atoms with van der Waals surface area (Å²) in [5.41, 5.74) is 1.46. The number of nitrogens with zero attached hydrogens (tertiary/aromatic N) is 1. The van der Waals surface area contributed by atoms with Gasteiger partial charge in [0.2, 0.25) is 0 Å². The van der Waals surface area contributed by atoms with Gasteiger partial charge in [-0.1, -0.05) is 13.8 Å². The van der Waals surface area contributed by atoms with E-state index in [4.69, 9.17) is 0 Å². The minimum absolute atomic E-state index is 0.0266. The lowest BCUT2D eigenvalue weighted by molar-refractivity contribution is 0.0760. The lowest BCUT2D eigenvalue weighted by atomic mass is 10.1. The van der Waals surface area contributed by atoms with E-state index in [2.05, 4.69) is 13.8 Å². The molecule has 1 aromatic carbocycles. The van der Waals surface area contributed by atoms with Crippen LogP contribution in [0.3, 0.4) is 0 Å². The normalized spacial score (nSPS) is 14.9. The first-order valence-corrected chi connectivity index (χ1v) is 5.15. The third kappa shape index (κ3) is 1.87. The molecule has 0 unspecified atom stereocenters. The number of halogens is 1. The van der Waals surface area contributed by atoms with Crippen molar-refractivity contribution in [2.24, 2.45) is 5.92 Å². The average Bonchev–Trinajstić information content (AvgIpc) is 2.42. The molecule has 1 amide bonds. The molecule has 0 spiro atoms. The number of rotatable bonds is 2. The molecule has 0 saturated carbocycles. The van der Waals surface area contributed by atoms with Crippen LogP contribution in [0.25, 0.3) is 0 Å². The molecule has 2 rings (SSSR count). The number of fused-ring (bicyclic) bond motifs is 1. The van der Waals surface area contributed by atoms with Crippen LogP contribution in [0.2, 0.25) is 0 Å². The van der Waals surface area contributed by atoms with Crippen LogP contribution in [-0.4, -0.2) is 17.4 Å². The molecule has 0 N–H and O–H groups in total. The number of carbonyl (C=O) groups excluding carboxylic acids is 1. The zero-order chi connectivity index (χ0) is 11.0. The van der Waals surface area contributed by atoms with E-state index >= 15 is 0 Å². The number of hydrogen-bond acceptors (Lipinski definition) is 1. The van der Waals surface area contributed by atoms with Crippen molar-refractivity contribution in [3.05, 3.63) is 35.1 Å². The Balaban J connectivity index is 2.25. The van der Waals surface area contributed by atoms with E-state index < -0.39 is 0 Å². The van der Waals surface area contributed by atoms with E-state index in [0.717, 1.165) is 12.1 Å². The number of hydrogen-bond donors (Lipinski definition) is 0. The fourth-order valence-corrected chi connectivity index (χ4v) is 1.94. The average molecular weight is 207 g/mol. The van der Waals surface area contributed by atoms with Crippen LogP contribution in [0.4, 0.5) is 4.39 Å². The quantitative estimate of drug-likeness (QED) is 0.729. The second-order valence-electron chi connectivity index (χ2n) is 4.38. The van der Waals surface area contributed by atoms with Gasteiger partial charge in [-0.25, -0.2) is 4.39 Å². The number of benzene rings is 1. The Morgan fingerprint density at radius 3 is 2.87 bits per heavy atom. The highest BCUT2D eigenvalue weighted by Gasteiger charge is 2.27. The van der Waals surface area contributed by atoms with Gasteiger partial charge in [0.25, 0.3) is 5.91 Å². The van der Waals surface area contributed by atoms with Crippen LogP contribution >= 0.6 is 0 Å². The number of carbonyl (C=O) groups is 1. The van der Waals surface area contributed by atoms with E-state index in [-0.39, 0.29) is 11.7 Å². The summed E-state index contributed by atoms with van der Waals surface area (Å²) in [5.74, 6) is 0.194. The molecule has 2 nitrogen and oxygen atoms in total. The van der Waals surface area contributed by atoms with Crippen LogP contribution in [0, 0.1) is 11.7 Å². The summed E-state index contributed by atoms with van der Waals surface area (Å²) in [6.07, 6.45) is 0. The predicted molar refractivity (Wildman–Crippen MR) is 56.0 cm³/mol. The zero-order valence-electron chi connectivity index (χ0n) is 8.96. The molecule has 0 atom stereocenters. The third-order valence-corrected chi connectivity index (χ3v) is 2.53. The third-order valence-electron chi connectivity index (χ3n) is 2.53. The summed E-state index contributed by atoms with van der Waals surface area (Å²) in [6, 6.07) is 4.37. The van der Waals surface area contributed by atoms with E-state index in [1.165, 1.54) is 12.1 Å². The monoisotopic (exact) mass is 207 g/mol. The maximum atomic E-state index is 12.9. The second kappa shape index (κ2) is 3.65. The summed E-state index contributed by atoms with van der Waals surface area (Å²) >= 11 is 0. The maximum absolute atomic E-state index is 12.9. The van der Waals surface area contributed by atoms with Crippen LogP contribution in [0.1, 0.15) is 29.8 Å². The van der Waals surface area contributed by atoms with Crippen molar-refractivity contribution in [2.45, 2.75) is 20.4 Å². The topological polar surface area (TPSA) is 20.3 Å². The minimum atomic E-state index is -0.270. The van der Waals surface area contributed by atoms with Crippen molar-refractivity contribution in [3.8, 4) is 0 Å². The molecule has 0 fully saturated rings. The molecule has 0 aromatic heterocycles. The molecule has 3 heteroatoms. The second-order valence-corrected chi connectivity index (χ2v) is 4.38. The molecular formula is C12H14FNO. The zero-order valence-corrected chi connectivity index (χ0v) is 8.96. The molecule has 1 aliphatic rings. The summed E-state index contributed by atoms with van der Waals surface area (Å²) in [5, 5.41) is 0. The first-order valence-electron chi connectivity index (χ1n) is 5.15. The van der Waals surface area contributed by atoms with Crippen LogP contribution in [0.15, 0.2) is 18.2 Å². The van der Waals surface area contributed by atoms with Gasteiger partial charge < -0.3 is 4.90 Å². The summed E-state index contributed by atoms with van der Waals surface area (Å²) in [7, 11) is 0. The van der Waals surface area contributed by atoms with Gasteiger partial charge in [-0.15, -0.1) is 0 Å². The highest BCUT2D eigenvalue weighted by Crippen LogP contribution is 2.24. The van der Waals surface area contributed by atoms with Gasteiger partial charge in [-0.3, -0.25) is 4.79 Å². The summed E-state index contributed by atoms with van der Waals surface area (Å²) < 4.78 is 12.9. The van der Waals surface area contributed by atoms with Crippen molar-refractivity contribution in [1.82, 2.24) is 4.90 Å². The van der Waals surface area contributed by atoms with Gasteiger partial charge in [0.15, 0.2) is 0 Å². The molecule has 15 heavy (non-hydrogen) atoms. The Labute approximate surface area is 88.7 Å². The maximum Gasteiger partial charge on any atom is 0.254 e. The Bertz CT molecular complexity index is 401. The van der Waals surface area contributed by atoms with E-state index in [9.17, 15) is 9.18 Å². The molecule has 80 valence electrons. The van der Waals surface area contributed by atoms with Crippen molar-refractivity contribution >= 4 is 5.91 Å². The van der Waals surface area contributed by atoms with Gasteiger partial charge in [0.1, 0.15) is 5.82 Å². The first kappa shape index (κ1) is 10.1. The molecule has 0 radical (unpaired) electrons. The van der Waals surface area contributed by atoms with Crippen molar-refractivity contribution in [3.63, 3.8) is 0 Å². The highest BCUT2D eigenvalue weighted by molar-refractivity contribution is 5.98. The fourth-order valence-electron chi connectivity index (χ4n) is 1.94. The van der Waals surface area contributed by atoms with E-state index in [1.807, 2.05) is 0 Å². The Morgan fingerprint density at radius 2 is 2.20 bits per heavy atom. The van der Waals surface area contributed by atoms with Gasteiger partial charge >= 0.3 is 0 Å². The van der Waals surface area contributed by atoms with Crippen LogP contribution < -0.4 is 0 Å². The van der Waals surface area contributed by atoms with Crippen molar-refractivity contribution in [2.75, 3.05) is 6.54 Å². The standard InChI is InChI=1S/C12H14FNO/c1-8(2)6-14-7-9-5-10(13)3-4-11(9)12(14)15/h3-5,8H,6-7H2,1-2H3. The first-order chi connectivity index (χ1) is 7.08. The Hall–Kier alpha value is -1.38. The highest BCUT2D eigenvalue weighted by atomic mass is 19.1. The molecule has 1 aliphatic heterocycles. The van der Waals surface area contributed by atoms with Crippen LogP contribution in [-0.2, 0) is 6.54 Å². The molecule has 0 bridgehead atoms. The Kier molecular flexibility index (Phi) is 2.47. The van der Waals surface area contributed by atoms with Crippen molar-refractivity contribution < 1.29 is 9.18 Å². The van der Waals surface area contributed by atoms with E-state index in [1.54, 1.807) is 11.0 Å². The number of amides is 1. The molecule has 1 heterocycles. The molecule has 0 aliphatic carbocycles. The van der Waals surface area contributed by atoms with Gasteiger partial charge in [-0.05, 0) is 29.7 Å². The predicted octanol–water partition coefficient (Wildman–Crippen LogP) is 2.44. The van der Waals surface area contributed by atoms with Gasteiger partial charge in [0.05, 0.1) is 0 Å². The van der Waals surface area contributed by atoms with E-state index in [0.29, 0.717) is 18.0 Å². The lowest BCUT2D eigenvalue weighted by Gasteiger charge is -2.17. The molecule has 1 aromatic rings.